The Bertz CT molecular complexity index is 985. The zero-order valence-electron chi connectivity index (χ0n) is 17.1. The van der Waals surface area contributed by atoms with Crippen LogP contribution in [0.3, 0.4) is 0 Å². The van der Waals surface area contributed by atoms with E-state index in [9.17, 15) is 15.0 Å². The molecule has 5 aliphatic rings. The van der Waals surface area contributed by atoms with Crippen LogP contribution in [0, 0.1) is 29.6 Å². The zero-order valence-corrected chi connectivity index (χ0v) is 17.1. The molecule has 0 aliphatic heterocycles. The van der Waals surface area contributed by atoms with E-state index in [4.69, 9.17) is 0 Å². The number of carbonyl (C=O) groups is 1. The smallest absolute Gasteiger partial charge is 0.307 e. The standard InChI is InChI=1S/C27H28O3/c28-22-7-5-19(6-8-22)25(26-20-10-15-9-16(12-20)13-21(26)11-15)18-3-1-17(2-4-18)23-14-24(23)27(29)30/h1-8,15-16,20-21,23-24,28H,9-14H2,(H,29,30)/t15-,16-,20?,21?,23?,24?. The zero-order chi connectivity index (χ0) is 20.4. The molecule has 5 aliphatic carbocycles. The van der Waals surface area contributed by atoms with Gasteiger partial charge in [0, 0.05) is 0 Å². The number of carboxylic acid groups (broad SMARTS) is 1. The second-order valence-electron chi connectivity index (χ2n) is 10.1. The minimum Gasteiger partial charge on any atom is -0.508 e. The van der Waals surface area contributed by atoms with Crippen molar-refractivity contribution >= 4 is 11.5 Å². The number of hydrogen-bond donors (Lipinski definition) is 2. The number of phenols is 1. The van der Waals surface area contributed by atoms with Gasteiger partial charge < -0.3 is 10.2 Å². The highest BCUT2D eigenvalue weighted by molar-refractivity contribution is 5.83. The molecule has 3 heteroatoms. The van der Waals surface area contributed by atoms with Crippen LogP contribution in [-0.4, -0.2) is 16.2 Å². The highest BCUT2D eigenvalue weighted by Gasteiger charge is 2.46. The molecule has 0 heterocycles. The van der Waals surface area contributed by atoms with Crippen LogP contribution in [0.4, 0.5) is 0 Å². The summed E-state index contributed by atoms with van der Waals surface area (Å²) in [6.07, 6.45) is 7.55. The second-order valence-corrected chi connectivity index (χ2v) is 10.1. The fraction of sp³-hybridized carbons (Fsp3) is 0.444. The Morgan fingerprint density at radius 2 is 1.27 bits per heavy atom. The maximum absolute atomic E-state index is 11.3. The SMILES string of the molecule is O=C(O)C1CC1c1ccc(C(=C2C3C[C@H]4CC2C[C@H](C3)C4)c2ccc(O)cc2)cc1. The van der Waals surface area contributed by atoms with Gasteiger partial charge in [-0.2, -0.15) is 0 Å². The average molecular weight is 401 g/mol. The number of rotatable bonds is 4. The Labute approximate surface area is 177 Å². The first-order valence-electron chi connectivity index (χ1n) is 11.4. The van der Waals surface area contributed by atoms with Crippen LogP contribution in [0.25, 0.3) is 5.57 Å². The lowest BCUT2D eigenvalue weighted by Gasteiger charge is -2.52. The first-order valence-corrected chi connectivity index (χ1v) is 11.4. The number of aliphatic carboxylic acids is 1. The first kappa shape index (κ1) is 18.2. The topological polar surface area (TPSA) is 57.5 Å². The van der Waals surface area contributed by atoms with Gasteiger partial charge in [-0.05, 0) is 103 Å². The van der Waals surface area contributed by atoms with Crippen molar-refractivity contribution < 1.29 is 15.0 Å². The number of benzene rings is 2. The van der Waals surface area contributed by atoms with Gasteiger partial charge in [-0.1, -0.05) is 42.0 Å². The summed E-state index contributed by atoms with van der Waals surface area (Å²) in [6, 6.07) is 16.4. The molecule has 2 atom stereocenters. The maximum atomic E-state index is 11.3. The number of hydrogen-bond acceptors (Lipinski definition) is 2. The summed E-state index contributed by atoms with van der Waals surface area (Å²) in [6.45, 7) is 0. The van der Waals surface area contributed by atoms with Crippen LogP contribution < -0.4 is 0 Å². The van der Waals surface area contributed by atoms with Crippen molar-refractivity contribution in [1.29, 1.82) is 0 Å². The number of phenolic OH excluding ortho intramolecular Hbond substituents is 1. The predicted molar refractivity (Wildman–Crippen MR) is 116 cm³/mol. The van der Waals surface area contributed by atoms with Crippen LogP contribution in [0.15, 0.2) is 54.1 Å². The molecular formula is C27H28O3. The molecule has 7 rings (SSSR count). The van der Waals surface area contributed by atoms with E-state index in [-0.39, 0.29) is 11.8 Å². The summed E-state index contributed by atoms with van der Waals surface area (Å²) in [5.74, 6) is 2.82. The molecule has 2 unspecified atom stereocenters. The van der Waals surface area contributed by atoms with Gasteiger partial charge in [0.2, 0.25) is 0 Å². The van der Waals surface area contributed by atoms with Crippen LogP contribution in [0.5, 0.6) is 5.75 Å². The monoisotopic (exact) mass is 400 g/mol. The number of allylic oxidation sites excluding steroid dienone is 1. The molecule has 0 radical (unpaired) electrons. The van der Waals surface area contributed by atoms with Gasteiger partial charge in [-0.3, -0.25) is 4.79 Å². The molecule has 0 amide bonds. The molecule has 30 heavy (non-hydrogen) atoms. The van der Waals surface area contributed by atoms with Gasteiger partial charge in [0.05, 0.1) is 5.92 Å². The highest BCUT2D eigenvalue weighted by Crippen LogP contribution is 2.58. The molecule has 154 valence electrons. The van der Waals surface area contributed by atoms with E-state index in [1.165, 1.54) is 48.8 Å². The Morgan fingerprint density at radius 3 is 1.77 bits per heavy atom. The van der Waals surface area contributed by atoms with Crippen LogP contribution in [-0.2, 0) is 4.79 Å². The summed E-state index contributed by atoms with van der Waals surface area (Å²) < 4.78 is 0. The van der Waals surface area contributed by atoms with Gasteiger partial charge in [0.1, 0.15) is 5.75 Å². The average Bonchev–Trinajstić information content (AvgIpc) is 3.53. The number of carboxylic acids is 1. The quantitative estimate of drug-likeness (QED) is 0.678. The lowest BCUT2D eigenvalue weighted by Crippen LogP contribution is -2.40. The molecule has 2 aromatic rings. The summed E-state index contributed by atoms with van der Waals surface area (Å²) >= 11 is 0. The highest BCUT2D eigenvalue weighted by atomic mass is 16.4. The largest absolute Gasteiger partial charge is 0.508 e. The molecule has 4 bridgehead atoms. The van der Waals surface area contributed by atoms with E-state index < -0.39 is 5.97 Å². The van der Waals surface area contributed by atoms with Crippen molar-refractivity contribution in [3.05, 3.63) is 70.8 Å². The molecule has 5 saturated carbocycles. The van der Waals surface area contributed by atoms with E-state index in [0.717, 1.165) is 23.8 Å². The summed E-state index contributed by atoms with van der Waals surface area (Å²) in [7, 11) is 0. The van der Waals surface area contributed by atoms with Gasteiger partial charge in [-0.15, -0.1) is 0 Å². The fourth-order valence-corrected chi connectivity index (χ4v) is 6.96. The van der Waals surface area contributed by atoms with Gasteiger partial charge in [-0.25, -0.2) is 0 Å². The normalized spacial score (nSPS) is 33.5. The van der Waals surface area contributed by atoms with Crippen LogP contribution in [0.2, 0.25) is 0 Å². The molecule has 0 aromatic heterocycles. The van der Waals surface area contributed by atoms with Crippen LogP contribution >= 0.6 is 0 Å². The Hall–Kier alpha value is -2.55. The van der Waals surface area contributed by atoms with Crippen molar-refractivity contribution in [3.8, 4) is 5.75 Å². The second kappa shape index (κ2) is 6.73. The summed E-state index contributed by atoms with van der Waals surface area (Å²) in [5, 5.41) is 19.1. The van der Waals surface area contributed by atoms with Crippen molar-refractivity contribution in [1.82, 2.24) is 0 Å². The summed E-state index contributed by atoms with van der Waals surface area (Å²) in [4.78, 5) is 11.3. The van der Waals surface area contributed by atoms with E-state index in [1.54, 1.807) is 17.7 Å². The molecule has 5 fully saturated rings. The van der Waals surface area contributed by atoms with E-state index in [1.807, 2.05) is 0 Å². The van der Waals surface area contributed by atoms with E-state index in [0.29, 0.717) is 17.6 Å². The Kier molecular flexibility index (Phi) is 4.09. The third-order valence-electron chi connectivity index (χ3n) is 8.20. The minimum atomic E-state index is -0.676. The molecule has 0 saturated heterocycles. The number of aromatic hydroxyl groups is 1. The van der Waals surface area contributed by atoms with Gasteiger partial charge in [0.15, 0.2) is 0 Å². The van der Waals surface area contributed by atoms with Crippen molar-refractivity contribution in [3.63, 3.8) is 0 Å². The molecule has 2 N–H and O–H groups in total. The van der Waals surface area contributed by atoms with Crippen molar-refractivity contribution in [2.45, 2.75) is 44.4 Å². The Balaban J connectivity index is 1.42. The van der Waals surface area contributed by atoms with Gasteiger partial charge in [0.25, 0.3) is 0 Å². The Morgan fingerprint density at radius 1 is 0.733 bits per heavy atom. The fourth-order valence-electron chi connectivity index (χ4n) is 6.96. The first-order chi connectivity index (χ1) is 14.6. The maximum Gasteiger partial charge on any atom is 0.307 e. The molecular weight excluding hydrogens is 372 g/mol. The van der Waals surface area contributed by atoms with E-state index in [2.05, 4.69) is 36.4 Å². The molecule has 0 spiro atoms. The third kappa shape index (κ3) is 2.98. The van der Waals surface area contributed by atoms with Crippen molar-refractivity contribution in [2.75, 3.05) is 0 Å². The predicted octanol–water partition coefficient (Wildman–Crippen LogP) is 5.84. The summed E-state index contributed by atoms with van der Waals surface area (Å²) in [5.41, 5.74) is 6.58. The van der Waals surface area contributed by atoms with E-state index >= 15 is 0 Å². The van der Waals surface area contributed by atoms with Gasteiger partial charge >= 0.3 is 5.97 Å². The molecule has 3 nitrogen and oxygen atoms in total. The minimum absolute atomic E-state index is 0.169. The van der Waals surface area contributed by atoms with Crippen LogP contribution in [0.1, 0.15) is 61.1 Å². The lowest BCUT2D eigenvalue weighted by atomic mass is 9.53. The third-order valence-corrected chi connectivity index (χ3v) is 8.20. The molecule has 2 aromatic carbocycles. The van der Waals surface area contributed by atoms with Crippen molar-refractivity contribution in [2.24, 2.45) is 29.6 Å². The lowest BCUT2D eigenvalue weighted by molar-refractivity contribution is -0.138.